The molecule has 1 aromatic heterocycles. The van der Waals surface area contributed by atoms with Crippen molar-refractivity contribution in [2.24, 2.45) is 0 Å². The summed E-state index contributed by atoms with van der Waals surface area (Å²) in [7, 11) is 0. The first-order valence-electron chi connectivity index (χ1n) is 4.98. The predicted molar refractivity (Wildman–Crippen MR) is 58.0 cm³/mol. The second kappa shape index (κ2) is 3.57. The molecule has 1 aliphatic heterocycles. The van der Waals surface area contributed by atoms with Crippen LogP contribution in [-0.4, -0.2) is 39.6 Å². The van der Waals surface area contributed by atoms with E-state index >= 15 is 0 Å². The van der Waals surface area contributed by atoms with Crippen molar-refractivity contribution in [3.63, 3.8) is 0 Å². The van der Waals surface area contributed by atoms with Crippen LogP contribution < -0.4 is 0 Å². The Morgan fingerprint density at radius 1 is 1.73 bits per heavy atom. The summed E-state index contributed by atoms with van der Waals surface area (Å²) in [4.78, 5) is 18.2. The van der Waals surface area contributed by atoms with Gasteiger partial charge in [-0.15, -0.1) is 11.3 Å². The molecule has 1 amide bonds. The summed E-state index contributed by atoms with van der Waals surface area (Å²) >= 11 is 1.40. The minimum absolute atomic E-state index is 0.0151. The summed E-state index contributed by atoms with van der Waals surface area (Å²) in [6, 6.07) is 0. The highest BCUT2D eigenvalue weighted by atomic mass is 32.1. The van der Waals surface area contributed by atoms with E-state index in [4.69, 9.17) is 0 Å². The van der Waals surface area contributed by atoms with Crippen molar-refractivity contribution < 1.29 is 9.90 Å². The first-order valence-corrected chi connectivity index (χ1v) is 5.80. The van der Waals surface area contributed by atoms with Gasteiger partial charge in [0.1, 0.15) is 4.88 Å². The number of aliphatic hydroxyl groups is 1. The molecule has 1 fully saturated rings. The Balaban J connectivity index is 2.00. The lowest BCUT2D eigenvalue weighted by atomic mass is 9.91. The lowest BCUT2D eigenvalue weighted by Crippen LogP contribution is -2.63. The van der Waals surface area contributed by atoms with Gasteiger partial charge in [0.05, 0.1) is 29.9 Å². The van der Waals surface area contributed by atoms with Crippen molar-refractivity contribution in [1.29, 1.82) is 0 Å². The molecule has 0 unspecified atom stereocenters. The molecule has 2 rings (SSSR count). The van der Waals surface area contributed by atoms with Crippen molar-refractivity contribution in [2.75, 3.05) is 13.1 Å². The normalized spacial score (nSPS) is 18.7. The quantitative estimate of drug-likeness (QED) is 0.820. The molecule has 0 aliphatic carbocycles. The predicted octanol–water partition coefficient (Wildman–Crippen LogP) is 1.05. The van der Waals surface area contributed by atoms with Crippen molar-refractivity contribution in [3.8, 4) is 0 Å². The molecule has 0 aromatic carbocycles. The number of likely N-dealkylation sites (tertiary alicyclic amines) is 1. The van der Waals surface area contributed by atoms with Crippen LogP contribution in [0.3, 0.4) is 0 Å². The third kappa shape index (κ3) is 1.89. The van der Waals surface area contributed by atoms with E-state index in [2.05, 4.69) is 4.98 Å². The number of rotatable bonds is 2. The van der Waals surface area contributed by atoms with Gasteiger partial charge in [0.25, 0.3) is 5.91 Å². The lowest BCUT2D eigenvalue weighted by molar-refractivity contribution is -0.0825. The van der Waals surface area contributed by atoms with Gasteiger partial charge in [-0.2, -0.15) is 0 Å². The van der Waals surface area contributed by atoms with Gasteiger partial charge in [-0.05, 0) is 13.3 Å². The molecule has 2 heterocycles. The van der Waals surface area contributed by atoms with Gasteiger partial charge in [0.2, 0.25) is 0 Å². The summed E-state index contributed by atoms with van der Waals surface area (Å²) in [6.45, 7) is 4.69. The SMILES string of the molecule is CCC1(O)CN(C(=O)c2cnc(C)s2)C1. The molecule has 1 N–H and O–H groups in total. The summed E-state index contributed by atoms with van der Waals surface area (Å²) in [5.41, 5.74) is -0.657. The fourth-order valence-electron chi connectivity index (χ4n) is 1.65. The molecule has 0 radical (unpaired) electrons. The molecule has 15 heavy (non-hydrogen) atoms. The number of amides is 1. The smallest absolute Gasteiger partial charge is 0.265 e. The summed E-state index contributed by atoms with van der Waals surface area (Å²) in [5, 5.41) is 10.7. The number of aromatic nitrogens is 1. The maximum atomic E-state index is 11.8. The number of β-amino-alcohol motifs (C(OH)–C–C–N with tert-alkyl or cyclic N) is 1. The van der Waals surface area contributed by atoms with Gasteiger partial charge in [-0.3, -0.25) is 4.79 Å². The standard InChI is InChI=1S/C10H14N2O2S/c1-3-10(14)5-12(6-10)9(13)8-4-11-7(2)15-8/h4,14H,3,5-6H2,1-2H3. The van der Waals surface area contributed by atoms with Crippen LogP contribution in [0.1, 0.15) is 28.0 Å². The summed E-state index contributed by atoms with van der Waals surface area (Å²) < 4.78 is 0. The number of thiazole rings is 1. The molecule has 0 spiro atoms. The maximum absolute atomic E-state index is 11.8. The Bertz CT molecular complexity index is 383. The van der Waals surface area contributed by atoms with Crippen LogP contribution in [0.25, 0.3) is 0 Å². The van der Waals surface area contributed by atoms with E-state index in [1.807, 2.05) is 13.8 Å². The van der Waals surface area contributed by atoms with Crippen molar-refractivity contribution in [2.45, 2.75) is 25.9 Å². The zero-order chi connectivity index (χ0) is 11.1. The molecular weight excluding hydrogens is 212 g/mol. The largest absolute Gasteiger partial charge is 0.386 e. The first kappa shape index (κ1) is 10.6. The number of carbonyl (C=O) groups is 1. The fourth-order valence-corrected chi connectivity index (χ4v) is 2.39. The van der Waals surface area contributed by atoms with Crippen LogP contribution in [-0.2, 0) is 0 Å². The Labute approximate surface area is 92.6 Å². The minimum atomic E-state index is -0.657. The van der Waals surface area contributed by atoms with Crippen LogP contribution in [0.4, 0.5) is 0 Å². The number of aryl methyl sites for hydroxylation is 1. The first-order chi connectivity index (χ1) is 7.04. The van der Waals surface area contributed by atoms with Gasteiger partial charge in [0.15, 0.2) is 0 Å². The van der Waals surface area contributed by atoms with Crippen LogP contribution in [0.2, 0.25) is 0 Å². The van der Waals surface area contributed by atoms with Crippen LogP contribution in [0, 0.1) is 6.92 Å². The van der Waals surface area contributed by atoms with Crippen molar-refractivity contribution >= 4 is 17.2 Å². The van der Waals surface area contributed by atoms with E-state index in [1.54, 1.807) is 11.1 Å². The molecule has 0 atom stereocenters. The van der Waals surface area contributed by atoms with Gasteiger partial charge in [-0.25, -0.2) is 4.98 Å². The molecular formula is C10H14N2O2S. The Hall–Kier alpha value is -0.940. The van der Waals surface area contributed by atoms with Crippen molar-refractivity contribution in [3.05, 3.63) is 16.1 Å². The zero-order valence-electron chi connectivity index (χ0n) is 8.86. The average molecular weight is 226 g/mol. The number of nitrogens with zero attached hydrogens (tertiary/aromatic N) is 2. The minimum Gasteiger partial charge on any atom is -0.386 e. The Morgan fingerprint density at radius 2 is 2.40 bits per heavy atom. The van der Waals surface area contributed by atoms with Crippen LogP contribution in [0.15, 0.2) is 6.20 Å². The van der Waals surface area contributed by atoms with Gasteiger partial charge >= 0.3 is 0 Å². The summed E-state index contributed by atoms with van der Waals surface area (Å²) in [6.07, 6.45) is 2.30. The third-order valence-electron chi connectivity index (χ3n) is 2.75. The number of hydrogen-bond acceptors (Lipinski definition) is 4. The lowest BCUT2D eigenvalue weighted by Gasteiger charge is -2.45. The molecule has 1 aromatic rings. The Morgan fingerprint density at radius 3 is 2.87 bits per heavy atom. The van der Waals surface area contributed by atoms with E-state index in [-0.39, 0.29) is 5.91 Å². The summed E-state index contributed by atoms with van der Waals surface area (Å²) in [5.74, 6) is -0.0151. The average Bonchev–Trinajstić information content (AvgIpc) is 2.59. The van der Waals surface area contributed by atoms with Gasteiger partial charge in [-0.1, -0.05) is 6.92 Å². The maximum Gasteiger partial charge on any atom is 0.265 e. The van der Waals surface area contributed by atoms with Gasteiger partial charge in [0, 0.05) is 0 Å². The van der Waals surface area contributed by atoms with Crippen molar-refractivity contribution in [1.82, 2.24) is 9.88 Å². The number of carbonyl (C=O) groups excluding carboxylic acids is 1. The molecule has 1 aliphatic rings. The molecule has 5 heteroatoms. The highest BCUT2D eigenvalue weighted by Gasteiger charge is 2.42. The topological polar surface area (TPSA) is 53.4 Å². The molecule has 82 valence electrons. The van der Waals surface area contributed by atoms with E-state index in [1.165, 1.54) is 11.3 Å². The van der Waals surface area contributed by atoms with E-state index in [0.717, 1.165) is 5.01 Å². The second-order valence-electron chi connectivity index (χ2n) is 3.98. The molecule has 4 nitrogen and oxygen atoms in total. The van der Waals surface area contributed by atoms with E-state index < -0.39 is 5.60 Å². The van der Waals surface area contributed by atoms with E-state index in [9.17, 15) is 9.90 Å². The molecule has 1 saturated heterocycles. The molecule has 0 saturated carbocycles. The van der Waals surface area contributed by atoms with Crippen LogP contribution in [0.5, 0.6) is 0 Å². The monoisotopic (exact) mass is 226 g/mol. The Kier molecular flexibility index (Phi) is 2.52. The van der Waals surface area contributed by atoms with E-state index in [0.29, 0.717) is 24.4 Å². The molecule has 0 bridgehead atoms. The fraction of sp³-hybridized carbons (Fsp3) is 0.600. The van der Waals surface area contributed by atoms with Crippen LogP contribution >= 0.6 is 11.3 Å². The van der Waals surface area contributed by atoms with Gasteiger partial charge < -0.3 is 10.0 Å². The zero-order valence-corrected chi connectivity index (χ0v) is 9.67. The number of hydrogen-bond donors (Lipinski definition) is 1. The highest BCUT2D eigenvalue weighted by molar-refractivity contribution is 7.13. The highest BCUT2D eigenvalue weighted by Crippen LogP contribution is 2.26. The third-order valence-corrected chi connectivity index (χ3v) is 3.65. The second-order valence-corrected chi connectivity index (χ2v) is 5.22.